The van der Waals surface area contributed by atoms with Crippen LogP contribution in [-0.4, -0.2) is 66.6 Å². The molecule has 0 aromatic rings. The van der Waals surface area contributed by atoms with Crippen molar-refractivity contribution in [2.45, 2.75) is 114 Å². The van der Waals surface area contributed by atoms with E-state index in [0.717, 1.165) is 6.42 Å². The summed E-state index contributed by atoms with van der Waals surface area (Å²) in [5, 5.41) is 29.7. The second-order valence-electron chi connectivity index (χ2n) is 10.2. The molecule has 5 atom stereocenters. The van der Waals surface area contributed by atoms with E-state index in [1.807, 2.05) is 6.92 Å². The van der Waals surface area contributed by atoms with E-state index in [0.29, 0.717) is 32.1 Å². The lowest BCUT2D eigenvalue weighted by molar-refractivity contribution is -0.350. The van der Waals surface area contributed by atoms with Crippen LogP contribution in [-0.2, 0) is 13.9 Å². The summed E-state index contributed by atoms with van der Waals surface area (Å²) >= 11 is 0. The third-order valence-electron chi connectivity index (χ3n) is 6.31. The molecule has 0 aliphatic carbocycles. The fourth-order valence-electron chi connectivity index (χ4n) is 4.15. The van der Waals surface area contributed by atoms with E-state index in [1.54, 1.807) is 0 Å². The quantitative estimate of drug-likeness (QED) is 0.590. The van der Waals surface area contributed by atoms with Crippen LogP contribution in [0.4, 0.5) is 0 Å². The highest BCUT2D eigenvalue weighted by atomic mass is 28.4. The molecular weight excluding hydrogens is 364 g/mol. The minimum atomic E-state index is -1.97. The predicted octanol–water partition coefficient (Wildman–Crippen LogP) is 2.95. The maximum absolute atomic E-state index is 10.8. The molecule has 7 heteroatoms. The smallest absolute Gasteiger partial charge is 0.192 e. The van der Waals surface area contributed by atoms with Crippen molar-refractivity contribution < 1.29 is 29.2 Å². The van der Waals surface area contributed by atoms with Crippen molar-refractivity contribution in [3.63, 3.8) is 0 Å². The van der Waals surface area contributed by atoms with Crippen LogP contribution in [0.3, 0.4) is 0 Å². The van der Waals surface area contributed by atoms with Gasteiger partial charge in [0.2, 0.25) is 0 Å². The van der Waals surface area contributed by atoms with Crippen molar-refractivity contribution in [1.29, 1.82) is 0 Å². The van der Waals surface area contributed by atoms with Gasteiger partial charge in [0, 0.05) is 32.5 Å². The van der Waals surface area contributed by atoms with E-state index >= 15 is 0 Å². The molecule has 1 spiro atoms. The second kappa shape index (κ2) is 8.38. The largest absolute Gasteiger partial charge is 0.414 e. The van der Waals surface area contributed by atoms with Crippen LogP contribution >= 0.6 is 0 Å². The summed E-state index contributed by atoms with van der Waals surface area (Å²) in [6.45, 7) is 13.0. The van der Waals surface area contributed by atoms with Gasteiger partial charge in [0.25, 0.3) is 0 Å². The molecule has 6 nitrogen and oxygen atoms in total. The van der Waals surface area contributed by atoms with Crippen LogP contribution in [0.1, 0.15) is 66.2 Å². The summed E-state index contributed by atoms with van der Waals surface area (Å²) in [7, 11) is -1.97. The minimum Gasteiger partial charge on any atom is -0.414 e. The normalized spacial score (nSPS) is 38.3. The molecule has 2 saturated heterocycles. The van der Waals surface area contributed by atoms with Crippen LogP contribution in [0, 0.1) is 0 Å². The lowest BCUT2D eigenvalue weighted by Gasteiger charge is -2.53. The first-order valence-corrected chi connectivity index (χ1v) is 13.2. The lowest BCUT2D eigenvalue weighted by Crippen LogP contribution is -2.59. The maximum Gasteiger partial charge on any atom is 0.192 e. The summed E-state index contributed by atoms with van der Waals surface area (Å²) in [6, 6.07) is 0. The van der Waals surface area contributed by atoms with Gasteiger partial charge in [-0.1, -0.05) is 20.8 Å². The molecule has 0 saturated carbocycles. The fraction of sp³-hybridized carbons (Fsp3) is 1.00. The maximum atomic E-state index is 10.8. The SMILES string of the molecule is CC(C)(C)[Si](C)(C)O[C@H]1C[C@H](CCO)O[C@@]2(C1)C[C@](C)(O)C[C@H](CCO)O2. The number of ether oxygens (including phenoxy) is 2. The molecule has 3 N–H and O–H groups in total. The van der Waals surface area contributed by atoms with Crippen LogP contribution in [0.15, 0.2) is 0 Å². The molecule has 0 aromatic heterocycles. The fourth-order valence-corrected chi connectivity index (χ4v) is 5.52. The Morgan fingerprint density at radius 2 is 1.59 bits per heavy atom. The highest BCUT2D eigenvalue weighted by Crippen LogP contribution is 2.47. The van der Waals surface area contributed by atoms with Crippen LogP contribution in [0.25, 0.3) is 0 Å². The van der Waals surface area contributed by atoms with Crippen LogP contribution in [0.5, 0.6) is 0 Å². The van der Waals surface area contributed by atoms with E-state index in [1.165, 1.54) is 0 Å². The molecule has 160 valence electrons. The van der Waals surface area contributed by atoms with E-state index in [9.17, 15) is 15.3 Å². The zero-order valence-corrected chi connectivity index (χ0v) is 19.0. The highest BCUT2D eigenvalue weighted by molar-refractivity contribution is 6.74. The topological polar surface area (TPSA) is 88.4 Å². The van der Waals surface area contributed by atoms with Gasteiger partial charge in [0.05, 0.1) is 23.9 Å². The molecule has 0 aromatic carbocycles. The first-order valence-electron chi connectivity index (χ1n) is 10.3. The molecular formula is C20H40O6Si. The van der Waals surface area contributed by atoms with Crippen molar-refractivity contribution >= 4 is 8.32 Å². The monoisotopic (exact) mass is 404 g/mol. The van der Waals surface area contributed by atoms with Gasteiger partial charge in [0.15, 0.2) is 14.1 Å². The number of hydrogen-bond acceptors (Lipinski definition) is 6. The van der Waals surface area contributed by atoms with E-state index in [2.05, 4.69) is 33.9 Å². The van der Waals surface area contributed by atoms with Crippen molar-refractivity contribution in [3.05, 3.63) is 0 Å². The Morgan fingerprint density at radius 1 is 1.04 bits per heavy atom. The molecule has 2 heterocycles. The molecule has 0 amide bonds. The highest BCUT2D eigenvalue weighted by Gasteiger charge is 2.53. The summed E-state index contributed by atoms with van der Waals surface area (Å²) < 4.78 is 19.3. The molecule has 0 radical (unpaired) electrons. The van der Waals surface area contributed by atoms with Gasteiger partial charge >= 0.3 is 0 Å². The van der Waals surface area contributed by atoms with Crippen LogP contribution < -0.4 is 0 Å². The Morgan fingerprint density at radius 3 is 2.15 bits per heavy atom. The Labute approximate surface area is 165 Å². The third-order valence-corrected chi connectivity index (χ3v) is 10.8. The Bertz CT molecular complexity index is 485. The first kappa shape index (κ1) is 23.3. The van der Waals surface area contributed by atoms with Crippen molar-refractivity contribution in [1.82, 2.24) is 0 Å². The van der Waals surface area contributed by atoms with E-state index in [-0.39, 0.29) is 36.6 Å². The Balaban J connectivity index is 2.24. The van der Waals surface area contributed by atoms with Gasteiger partial charge in [-0.25, -0.2) is 0 Å². The molecule has 27 heavy (non-hydrogen) atoms. The number of aliphatic hydroxyl groups is 3. The number of rotatable bonds is 6. The zero-order valence-electron chi connectivity index (χ0n) is 18.0. The van der Waals surface area contributed by atoms with Gasteiger partial charge in [-0.05, 0) is 44.3 Å². The standard InChI is InChI=1S/C20H40O6Si/c1-18(2,3)27(5,6)26-17-11-15(7-9-21)24-20(13-17)14-19(4,23)12-16(25-20)8-10-22/h15-17,21-23H,7-14H2,1-6H3/t15-,16-,17-,19+,20+/m0/s1. The minimum absolute atomic E-state index is 0.0147. The average molecular weight is 405 g/mol. The number of hydrogen-bond donors (Lipinski definition) is 3. The average Bonchev–Trinajstić information content (AvgIpc) is 2.43. The zero-order chi connectivity index (χ0) is 20.5. The molecule has 2 rings (SSSR count). The van der Waals surface area contributed by atoms with Crippen LogP contribution in [0.2, 0.25) is 18.1 Å². The summed E-state index contributed by atoms with van der Waals surface area (Å²) in [6.07, 6.45) is 2.71. The van der Waals surface area contributed by atoms with Crippen molar-refractivity contribution in [2.24, 2.45) is 0 Å². The summed E-state index contributed by atoms with van der Waals surface area (Å²) in [5.74, 6) is -0.924. The summed E-state index contributed by atoms with van der Waals surface area (Å²) in [4.78, 5) is 0. The molecule has 0 unspecified atom stereocenters. The van der Waals surface area contributed by atoms with Gasteiger partial charge in [-0.15, -0.1) is 0 Å². The molecule has 2 aliphatic rings. The first-order chi connectivity index (χ1) is 12.3. The van der Waals surface area contributed by atoms with Gasteiger partial charge in [-0.2, -0.15) is 0 Å². The van der Waals surface area contributed by atoms with Gasteiger partial charge < -0.3 is 29.2 Å². The summed E-state index contributed by atoms with van der Waals surface area (Å²) in [5.41, 5.74) is -0.916. The molecule has 2 aliphatic heterocycles. The third kappa shape index (κ3) is 5.98. The lowest BCUT2D eigenvalue weighted by atomic mass is 9.82. The van der Waals surface area contributed by atoms with Gasteiger partial charge in [0.1, 0.15) is 0 Å². The molecule has 2 fully saturated rings. The number of aliphatic hydroxyl groups excluding tert-OH is 2. The second-order valence-corrected chi connectivity index (χ2v) is 15.0. The Kier molecular flexibility index (Phi) is 7.22. The molecule has 0 bridgehead atoms. The van der Waals surface area contributed by atoms with Crippen molar-refractivity contribution in [3.8, 4) is 0 Å². The predicted molar refractivity (Wildman–Crippen MR) is 107 cm³/mol. The van der Waals surface area contributed by atoms with Crippen molar-refractivity contribution in [2.75, 3.05) is 13.2 Å². The Hall–Kier alpha value is -0.0231. The van der Waals surface area contributed by atoms with E-state index in [4.69, 9.17) is 13.9 Å². The van der Waals surface area contributed by atoms with E-state index < -0.39 is 19.7 Å². The van der Waals surface area contributed by atoms with Gasteiger partial charge in [-0.3, -0.25) is 0 Å².